The van der Waals surface area contributed by atoms with Crippen LogP contribution in [-0.4, -0.2) is 32.6 Å². The van der Waals surface area contributed by atoms with E-state index in [1.165, 1.54) is 31.0 Å². The van der Waals surface area contributed by atoms with Crippen molar-refractivity contribution in [3.63, 3.8) is 0 Å². The summed E-state index contributed by atoms with van der Waals surface area (Å²) in [4.78, 5) is 11.7. The van der Waals surface area contributed by atoms with Crippen LogP contribution in [-0.2, 0) is 13.6 Å². The summed E-state index contributed by atoms with van der Waals surface area (Å²) < 4.78 is 11.6. The Bertz CT molecular complexity index is 243. The number of rotatable bonds is 13. The number of hydrogen-bond donors (Lipinski definition) is 0. The van der Waals surface area contributed by atoms with E-state index in [0.717, 1.165) is 31.1 Å². The van der Waals surface area contributed by atoms with E-state index >= 15 is 0 Å². The molecule has 0 aliphatic rings. The van der Waals surface area contributed by atoms with Crippen molar-refractivity contribution in [2.75, 3.05) is 19.0 Å². The molecule has 0 radical (unpaired) electrons. The molecule has 0 atom stereocenters. The lowest BCUT2D eigenvalue weighted by Gasteiger charge is -2.25. The van der Waals surface area contributed by atoms with Crippen LogP contribution in [0.5, 0.6) is 0 Å². The zero-order valence-corrected chi connectivity index (χ0v) is 15.5. The van der Waals surface area contributed by atoms with E-state index in [4.69, 9.17) is 8.85 Å². The zero-order valence-electron chi connectivity index (χ0n) is 13.7. The summed E-state index contributed by atoms with van der Waals surface area (Å²) in [5.74, 6) is 0.898. The maximum absolute atomic E-state index is 11.7. The average Bonchev–Trinajstić information content (AvgIpc) is 2.40. The van der Waals surface area contributed by atoms with Crippen LogP contribution in [0.25, 0.3) is 0 Å². The number of carbonyl (C=O) groups excluding carboxylic acids is 1. The predicted octanol–water partition coefficient (Wildman–Crippen LogP) is 4.75. The van der Waals surface area contributed by atoms with Crippen LogP contribution in [0, 0.1) is 0 Å². The van der Waals surface area contributed by atoms with E-state index in [2.05, 4.69) is 13.5 Å². The molecule has 0 aromatic carbocycles. The Hall–Kier alpha value is 0.157. The summed E-state index contributed by atoms with van der Waals surface area (Å²) in [5.41, 5.74) is 0. The largest absolute Gasteiger partial charge is 0.395 e. The van der Waals surface area contributed by atoms with E-state index in [9.17, 15) is 4.79 Å². The highest BCUT2D eigenvalue weighted by atomic mass is 32.2. The van der Waals surface area contributed by atoms with Gasteiger partial charge in [0.2, 0.25) is 0 Å². The van der Waals surface area contributed by atoms with Crippen molar-refractivity contribution in [3.05, 3.63) is 0 Å². The van der Waals surface area contributed by atoms with Gasteiger partial charge in [-0.1, -0.05) is 37.9 Å². The third-order valence-electron chi connectivity index (χ3n) is 3.17. The summed E-state index contributed by atoms with van der Waals surface area (Å²) in [5, 5.41) is 0.345. The van der Waals surface area contributed by atoms with Gasteiger partial charge in [-0.15, -0.1) is 0 Å². The summed E-state index contributed by atoms with van der Waals surface area (Å²) >= 11 is 1.48. The topological polar surface area (TPSA) is 35.5 Å². The summed E-state index contributed by atoms with van der Waals surface area (Å²) in [6.45, 7) is 9.77. The van der Waals surface area contributed by atoms with Crippen molar-refractivity contribution in [2.45, 2.75) is 71.9 Å². The maximum atomic E-state index is 11.7. The van der Waals surface area contributed by atoms with Gasteiger partial charge in [0, 0.05) is 25.4 Å². The van der Waals surface area contributed by atoms with Crippen LogP contribution < -0.4 is 0 Å². The minimum absolute atomic E-state index is 0.345. The predicted molar refractivity (Wildman–Crippen MR) is 90.5 cm³/mol. The minimum atomic E-state index is -1.98. The molecule has 0 bridgehead atoms. The first-order valence-electron chi connectivity index (χ1n) is 8.01. The molecule has 20 heavy (non-hydrogen) atoms. The van der Waals surface area contributed by atoms with Crippen molar-refractivity contribution in [1.29, 1.82) is 0 Å². The van der Waals surface area contributed by atoms with E-state index in [1.54, 1.807) is 0 Å². The van der Waals surface area contributed by atoms with E-state index in [0.29, 0.717) is 18.3 Å². The number of carbonyl (C=O) groups is 1. The lowest BCUT2D eigenvalue weighted by molar-refractivity contribution is -0.111. The molecule has 0 saturated carbocycles. The quantitative estimate of drug-likeness (QED) is 0.362. The fourth-order valence-corrected chi connectivity index (χ4v) is 5.62. The Labute approximate surface area is 130 Å². The van der Waals surface area contributed by atoms with Gasteiger partial charge in [0.05, 0.1) is 0 Å². The molecule has 0 amide bonds. The standard InChI is InChI=1S/C15H32O3SSi/c1-5-8-9-10-12-15(16)19-13-11-14-20(4,17-6-2)18-7-3/h5-14H2,1-4H3. The van der Waals surface area contributed by atoms with E-state index in [1.807, 2.05) is 13.8 Å². The second-order valence-corrected chi connectivity index (χ2v) is 9.63. The molecule has 5 heteroatoms. The number of thioether (sulfide) groups is 1. The van der Waals surface area contributed by atoms with Gasteiger partial charge in [0.25, 0.3) is 0 Å². The normalized spacial score (nSPS) is 11.8. The Morgan fingerprint density at radius 3 is 2.20 bits per heavy atom. The fraction of sp³-hybridized carbons (Fsp3) is 0.933. The minimum Gasteiger partial charge on any atom is -0.395 e. The van der Waals surface area contributed by atoms with Gasteiger partial charge < -0.3 is 8.85 Å². The number of hydrogen-bond acceptors (Lipinski definition) is 4. The monoisotopic (exact) mass is 320 g/mol. The zero-order chi connectivity index (χ0) is 15.3. The Balaban J connectivity index is 3.69. The summed E-state index contributed by atoms with van der Waals surface area (Å²) in [6, 6.07) is 0.977. The van der Waals surface area contributed by atoms with E-state index in [-0.39, 0.29) is 0 Å². The first-order valence-corrected chi connectivity index (χ1v) is 11.5. The van der Waals surface area contributed by atoms with Crippen molar-refractivity contribution < 1.29 is 13.6 Å². The average molecular weight is 321 g/mol. The van der Waals surface area contributed by atoms with Gasteiger partial charge in [-0.25, -0.2) is 0 Å². The first kappa shape index (κ1) is 20.2. The van der Waals surface area contributed by atoms with Crippen LogP contribution in [0.3, 0.4) is 0 Å². The van der Waals surface area contributed by atoms with Crippen molar-refractivity contribution in [2.24, 2.45) is 0 Å². The molecular formula is C15H32O3SSi. The van der Waals surface area contributed by atoms with Gasteiger partial charge >= 0.3 is 8.56 Å². The number of unbranched alkanes of at least 4 members (excludes halogenated alkanes) is 3. The lowest BCUT2D eigenvalue weighted by Crippen LogP contribution is -2.38. The van der Waals surface area contributed by atoms with Gasteiger partial charge in [-0.05, 0) is 39.3 Å². The molecule has 0 N–H and O–H groups in total. The third kappa shape index (κ3) is 10.9. The van der Waals surface area contributed by atoms with E-state index < -0.39 is 8.56 Å². The molecule has 0 heterocycles. The van der Waals surface area contributed by atoms with Crippen LogP contribution in [0.2, 0.25) is 12.6 Å². The molecule has 0 aromatic rings. The fourth-order valence-electron chi connectivity index (χ4n) is 2.14. The molecule has 0 saturated heterocycles. The molecular weight excluding hydrogens is 288 g/mol. The molecule has 0 spiro atoms. The van der Waals surface area contributed by atoms with Crippen LogP contribution >= 0.6 is 11.8 Å². The van der Waals surface area contributed by atoms with Gasteiger partial charge in [-0.2, -0.15) is 0 Å². The molecule has 0 aliphatic heterocycles. The van der Waals surface area contributed by atoms with Crippen LogP contribution in [0.4, 0.5) is 0 Å². The van der Waals surface area contributed by atoms with Gasteiger partial charge in [0.15, 0.2) is 5.12 Å². The molecule has 0 aromatic heterocycles. The second kappa shape index (κ2) is 12.9. The lowest BCUT2D eigenvalue weighted by atomic mass is 10.2. The molecule has 0 fully saturated rings. The highest BCUT2D eigenvalue weighted by Gasteiger charge is 2.29. The molecule has 0 aliphatic carbocycles. The van der Waals surface area contributed by atoms with Gasteiger partial charge in [0.1, 0.15) is 0 Å². The highest BCUT2D eigenvalue weighted by molar-refractivity contribution is 8.13. The molecule has 0 rings (SSSR count). The van der Waals surface area contributed by atoms with Gasteiger partial charge in [-0.3, -0.25) is 4.79 Å². The molecule has 120 valence electrons. The second-order valence-electron chi connectivity index (χ2n) is 5.13. The third-order valence-corrected chi connectivity index (χ3v) is 7.25. The summed E-state index contributed by atoms with van der Waals surface area (Å²) in [6.07, 6.45) is 6.43. The molecule has 3 nitrogen and oxygen atoms in total. The van der Waals surface area contributed by atoms with Crippen LogP contribution in [0.1, 0.15) is 59.3 Å². The summed E-state index contributed by atoms with van der Waals surface area (Å²) in [7, 11) is -1.98. The maximum Gasteiger partial charge on any atom is 0.334 e. The van der Waals surface area contributed by atoms with Crippen molar-refractivity contribution in [3.8, 4) is 0 Å². The highest BCUT2D eigenvalue weighted by Crippen LogP contribution is 2.19. The Kier molecular flexibility index (Phi) is 13.0. The molecule has 0 unspecified atom stereocenters. The smallest absolute Gasteiger partial charge is 0.334 e. The van der Waals surface area contributed by atoms with Crippen molar-refractivity contribution in [1.82, 2.24) is 0 Å². The Morgan fingerprint density at radius 2 is 1.65 bits per heavy atom. The Morgan fingerprint density at radius 1 is 1.00 bits per heavy atom. The van der Waals surface area contributed by atoms with Crippen molar-refractivity contribution >= 4 is 25.4 Å². The van der Waals surface area contributed by atoms with Crippen LogP contribution in [0.15, 0.2) is 0 Å². The first-order chi connectivity index (χ1) is 9.58. The SMILES string of the molecule is CCCCCCC(=O)SCCC[Si](C)(OCC)OCC.